The normalized spacial score (nSPS) is 34.5. The van der Waals surface area contributed by atoms with Crippen molar-refractivity contribution >= 4 is 29.5 Å². The Kier molecular flexibility index (Phi) is 7.06. The summed E-state index contributed by atoms with van der Waals surface area (Å²) in [6.45, 7) is 5.97. The van der Waals surface area contributed by atoms with E-state index in [2.05, 4.69) is 22.5 Å². The topological polar surface area (TPSA) is 111 Å². The smallest absolute Gasteiger partial charge is 0.244 e. The Morgan fingerprint density at radius 3 is 2.58 bits per heavy atom. The van der Waals surface area contributed by atoms with Crippen molar-refractivity contribution in [2.75, 3.05) is 53.0 Å². The minimum Gasteiger partial charge on any atom is -0.394 e. The molecule has 3 amide bonds. The van der Waals surface area contributed by atoms with E-state index < -0.39 is 33.4 Å². The summed E-state index contributed by atoms with van der Waals surface area (Å²) in [6, 6.07) is 7.93. The van der Waals surface area contributed by atoms with Crippen molar-refractivity contribution in [3.05, 3.63) is 35.9 Å². The zero-order valence-electron chi connectivity index (χ0n) is 20.9. The van der Waals surface area contributed by atoms with Gasteiger partial charge in [-0.15, -0.1) is 11.8 Å². The van der Waals surface area contributed by atoms with Crippen LogP contribution in [0.1, 0.15) is 31.4 Å². The van der Waals surface area contributed by atoms with E-state index in [1.54, 1.807) is 23.7 Å². The van der Waals surface area contributed by atoms with Crippen LogP contribution in [0.4, 0.5) is 0 Å². The van der Waals surface area contributed by atoms with Gasteiger partial charge in [0.15, 0.2) is 0 Å². The Bertz CT molecular complexity index is 1010. The number of nitrogens with one attached hydrogen (secondary N) is 2. The first kappa shape index (κ1) is 25.5. The summed E-state index contributed by atoms with van der Waals surface area (Å²) >= 11 is 1.64. The van der Waals surface area contributed by atoms with Gasteiger partial charge in [0.25, 0.3) is 0 Å². The summed E-state index contributed by atoms with van der Waals surface area (Å²) in [5.41, 5.74) is 0.776. The van der Waals surface area contributed by atoms with Crippen molar-refractivity contribution in [2.24, 2.45) is 11.8 Å². The van der Waals surface area contributed by atoms with Crippen LogP contribution in [-0.2, 0) is 19.1 Å². The number of fused-ring (bicyclic) bond motifs is 1. The van der Waals surface area contributed by atoms with Gasteiger partial charge in [0.2, 0.25) is 17.7 Å². The highest BCUT2D eigenvalue weighted by Gasteiger charge is 2.77. The lowest BCUT2D eigenvalue weighted by Gasteiger charge is -2.37. The Balaban J connectivity index is 1.48. The van der Waals surface area contributed by atoms with E-state index in [-0.39, 0.29) is 24.3 Å². The number of thioether (sulfide) groups is 1. The molecule has 4 aliphatic rings. The van der Waals surface area contributed by atoms with Crippen LogP contribution < -0.4 is 10.6 Å². The molecular weight excluding hydrogens is 480 g/mol. The zero-order chi connectivity index (χ0) is 25.5. The number of likely N-dealkylation sites (tertiary alicyclic amines) is 1. The summed E-state index contributed by atoms with van der Waals surface area (Å²) in [5, 5.41) is 16.3. The summed E-state index contributed by atoms with van der Waals surface area (Å²) in [4.78, 5) is 45.0. The second kappa shape index (κ2) is 9.96. The lowest BCUT2D eigenvalue weighted by atomic mass is 9.66. The first-order valence-electron chi connectivity index (χ1n) is 12.8. The lowest BCUT2D eigenvalue weighted by molar-refractivity contribution is -0.143. The van der Waals surface area contributed by atoms with E-state index in [9.17, 15) is 19.5 Å². The molecule has 2 unspecified atom stereocenters. The monoisotopic (exact) mass is 516 g/mol. The molecule has 10 heteroatoms. The second-order valence-electron chi connectivity index (χ2n) is 10.4. The Morgan fingerprint density at radius 1 is 1.19 bits per heavy atom. The Morgan fingerprint density at radius 2 is 1.92 bits per heavy atom. The summed E-state index contributed by atoms with van der Waals surface area (Å²) in [6.07, 6.45) is 1.45. The number of carbonyl (C=O) groups excluding carboxylic acids is 3. The van der Waals surface area contributed by atoms with Gasteiger partial charge in [-0.2, -0.15) is 0 Å². The van der Waals surface area contributed by atoms with Gasteiger partial charge in [-0.05, 0) is 25.3 Å². The third-order valence-corrected chi connectivity index (χ3v) is 10.5. The van der Waals surface area contributed by atoms with Crippen molar-refractivity contribution in [1.29, 1.82) is 0 Å². The Hall–Kier alpha value is -2.14. The highest BCUT2D eigenvalue weighted by atomic mass is 32.2. The van der Waals surface area contributed by atoms with Gasteiger partial charge in [0, 0.05) is 38.0 Å². The summed E-state index contributed by atoms with van der Waals surface area (Å²) in [7, 11) is 1.60. The molecule has 1 aromatic rings. The number of morpholine rings is 1. The van der Waals surface area contributed by atoms with Crippen molar-refractivity contribution in [3.8, 4) is 0 Å². The maximum atomic E-state index is 14.2. The SMILES string of the molecule is CNC(=O)[C@H]1[C@H]2C(=O)N([C@H](CO)c3ccccc3)C(C(=O)NCCN3CCOCC3)C23CC[C@]1(C)S3. The number of aliphatic hydroxyl groups is 1. The maximum absolute atomic E-state index is 14.2. The number of amides is 3. The molecule has 1 aromatic carbocycles. The predicted molar refractivity (Wildman–Crippen MR) is 136 cm³/mol. The van der Waals surface area contributed by atoms with Crippen LogP contribution in [0.15, 0.2) is 30.3 Å². The van der Waals surface area contributed by atoms with E-state index >= 15 is 0 Å². The van der Waals surface area contributed by atoms with Crippen LogP contribution in [0, 0.1) is 11.8 Å². The van der Waals surface area contributed by atoms with E-state index in [1.165, 1.54) is 0 Å². The first-order valence-corrected chi connectivity index (χ1v) is 13.7. The van der Waals surface area contributed by atoms with Crippen LogP contribution in [0.2, 0.25) is 0 Å². The van der Waals surface area contributed by atoms with Gasteiger partial charge in [0.05, 0.1) is 42.4 Å². The number of rotatable bonds is 8. The number of nitrogens with zero attached hydrogens (tertiary/aromatic N) is 2. The van der Waals surface area contributed by atoms with Crippen LogP contribution in [0.25, 0.3) is 0 Å². The van der Waals surface area contributed by atoms with Crippen molar-refractivity contribution in [3.63, 3.8) is 0 Å². The molecule has 3 N–H and O–H groups in total. The molecule has 5 rings (SSSR count). The average Bonchev–Trinajstić information content (AvgIpc) is 3.46. The molecule has 4 aliphatic heterocycles. The molecule has 9 nitrogen and oxygen atoms in total. The highest BCUT2D eigenvalue weighted by molar-refractivity contribution is 8.02. The van der Waals surface area contributed by atoms with Crippen LogP contribution in [-0.4, -0.2) is 101 Å². The molecule has 4 saturated heterocycles. The molecule has 0 radical (unpaired) electrons. The molecule has 2 bridgehead atoms. The van der Waals surface area contributed by atoms with Gasteiger partial charge >= 0.3 is 0 Å². The number of carbonyl (C=O) groups is 3. The molecule has 6 atom stereocenters. The molecule has 4 fully saturated rings. The largest absolute Gasteiger partial charge is 0.394 e. The summed E-state index contributed by atoms with van der Waals surface area (Å²) < 4.78 is 4.31. The lowest BCUT2D eigenvalue weighted by Crippen LogP contribution is -2.55. The van der Waals surface area contributed by atoms with Gasteiger partial charge < -0.3 is 25.4 Å². The minimum absolute atomic E-state index is 0.154. The number of hydrogen-bond acceptors (Lipinski definition) is 7. The van der Waals surface area contributed by atoms with E-state index in [0.717, 1.165) is 25.1 Å². The fourth-order valence-corrected chi connectivity index (χ4v) is 9.19. The predicted octanol–water partition coefficient (Wildman–Crippen LogP) is 0.396. The quantitative estimate of drug-likeness (QED) is 0.459. The van der Waals surface area contributed by atoms with Gasteiger partial charge in [-0.1, -0.05) is 30.3 Å². The molecule has 0 aromatic heterocycles. The standard InChI is InChI=1S/C26H36N4O5S/c1-25-8-9-26(36-25)20(19(25)22(32)27-2)24(34)30(18(16-31)17-6-4-3-5-7-17)21(26)23(33)28-10-11-29-12-14-35-15-13-29/h3-7,18-21,31H,8-16H2,1-2H3,(H,27,32)(H,28,33)/t18-,19-,20+,21?,25+,26?/m1/s1. The number of benzene rings is 1. The van der Waals surface area contributed by atoms with E-state index in [4.69, 9.17) is 4.74 Å². The van der Waals surface area contributed by atoms with Crippen LogP contribution in [0.5, 0.6) is 0 Å². The van der Waals surface area contributed by atoms with Crippen LogP contribution in [0.3, 0.4) is 0 Å². The Labute approximate surface area is 216 Å². The fraction of sp³-hybridized carbons (Fsp3) is 0.654. The van der Waals surface area contributed by atoms with Crippen molar-refractivity contribution in [1.82, 2.24) is 20.4 Å². The van der Waals surface area contributed by atoms with E-state index in [0.29, 0.717) is 32.7 Å². The van der Waals surface area contributed by atoms with Gasteiger partial charge in [-0.25, -0.2) is 0 Å². The fourth-order valence-electron chi connectivity index (χ4n) is 6.84. The molecule has 4 heterocycles. The third kappa shape index (κ3) is 4.02. The molecule has 0 aliphatic carbocycles. The van der Waals surface area contributed by atoms with Gasteiger partial charge in [0.1, 0.15) is 6.04 Å². The van der Waals surface area contributed by atoms with Crippen molar-refractivity contribution < 1.29 is 24.2 Å². The maximum Gasteiger partial charge on any atom is 0.244 e. The second-order valence-corrected chi connectivity index (χ2v) is 12.3. The molecule has 1 spiro atoms. The zero-order valence-corrected chi connectivity index (χ0v) is 21.8. The number of hydrogen-bond donors (Lipinski definition) is 3. The number of aliphatic hydroxyl groups excluding tert-OH is 1. The molecule has 36 heavy (non-hydrogen) atoms. The van der Waals surface area contributed by atoms with E-state index in [1.807, 2.05) is 30.3 Å². The number of ether oxygens (including phenoxy) is 1. The third-order valence-electron chi connectivity index (χ3n) is 8.52. The van der Waals surface area contributed by atoms with Crippen LogP contribution >= 0.6 is 11.8 Å². The van der Waals surface area contributed by atoms with Gasteiger partial charge in [-0.3, -0.25) is 19.3 Å². The minimum atomic E-state index is -0.765. The van der Waals surface area contributed by atoms with Crippen molar-refractivity contribution in [2.45, 2.75) is 41.3 Å². The summed E-state index contributed by atoms with van der Waals surface area (Å²) in [5.74, 6) is -1.69. The molecule has 196 valence electrons. The molecular formula is C26H36N4O5S. The molecule has 0 saturated carbocycles. The average molecular weight is 517 g/mol. The first-order chi connectivity index (χ1) is 17.4. The highest BCUT2D eigenvalue weighted by Crippen LogP contribution is 2.71.